The van der Waals surface area contributed by atoms with Gasteiger partial charge >= 0.3 is 0 Å². The Balaban J connectivity index is 2.00. The molecule has 2 N–H and O–H groups in total. The molecule has 0 spiro atoms. The molecular weight excluding hydrogens is 266 g/mol. The Bertz CT molecular complexity index is 748. The van der Waals surface area contributed by atoms with Crippen LogP contribution in [-0.4, -0.2) is 9.97 Å². The van der Waals surface area contributed by atoms with E-state index in [1.807, 2.05) is 32.0 Å². The van der Waals surface area contributed by atoms with E-state index in [1.165, 1.54) is 0 Å². The van der Waals surface area contributed by atoms with E-state index in [9.17, 15) is 0 Å². The topological polar surface area (TPSA) is 51.8 Å². The van der Waals surface area contributed by atoms with E-state index in [1.54, 1.807) is 11.3 Å². The summed E-state index contributed by atoms with van der Waals surface area (Å²) in [7, 11) is 0. The lowest BCUT2D eigenvalue weighted by atomic mass is 9.99. The summed E-state index contributed by atoms with van der Waals surface area (Å²) in [6.07, 6.45) is 0.770. The van der Waals surface area contributed by atoms with E-state index in [0.717, 1.165) is 39.3 Å². The van der Waals surface area contributed by atoms with Crippen LogP contribution in [-0.2, 0) is 6.42 Å². The zero-order valence-electron chi connectivity index (χ0n) is 11.6. The lowest BCUT2D eigenvalue weighted by Crippen LogP contribution is -2.14. The van der Waals surface area contributed by atoms with Gasteiger partial charge in [0, 0.05) is 34.6 Å². The number of hydrogen-bond acceptors (Lipinski definition) is 4. The van der Waals surface area contributed by atoms with Gasteiger partial charge in [-0.1, -0.05) is 18.2 Å². The number of aryl methyl sites for hydroxylation is 2. The van der Waals surface area contributed by atoms with Gasteiger partial charge in [0.1, 0.15) is 0 Å². The minimum atomic E-state index is -0.0489. The van der Waals surface area contributed by atoms with Gasteiger partial charge in [-0.2, -0.15) is 0 Å². The molecule has 0 amide bonds. The first kappa shape index (κ1) is 13.2. The molecule has 1 atom stereocenters. The summed E-state index contributed by atoms with van der Waals surface area (Å²) in [6, 6.07) is 10.2. The quantitative estimate of drug-likeness (QED) is 0.799. The van der Waals surface area contributed by atoms with Crippen molar-refractivity contribution in [2.24, 2.45) is 5.73 Å². The fraction of sp³-hybridized carbons (Fsp3) is 0.250. The SMILES string of the molecule is Cc1csc(CC(N)c2cc(C)nc3ccccc23)n1. The normalized spacial score (nSPS) is 12.8. The predicted molar refractivity (Wildman–Crippen MR) is 84.0 cm³/mol. The van der Waals surface area contributed by atoms with E-state index >= 15 is 0 Å². The number of aromatic nitrogens is 2. The van der Waals surface area contributed by atoms with Crippen molar-refractivity contribution >= 4 is 22.2 Å². The molecule has 4 heteroatoms. The second-order valence-corrected chi connectivity index (χ2v) is 6.01. The lowest BCUT2D eigenvalue weighted by Gasteiger charge is -2.14. The van der Waals surface area contributed by atoms with Crippen LogP contribution in [0.25, 0.3) is 10.9 Å². The van der Waals surface area contributed by atoms with Crippen molar-refractivity contribution in [2.45, 2.75) is 26.3 Å². The van der Waals surface area contributed by atoms with Crippen molar-refractivity contribution < 1.29 is 0 Å². The van der Waals surface area contributed by atoms with Gasteiger partial charge in [-0.15, -0.1) is 11.3 Å². The number of benzene rings is 1. The second kappa shape index (κ2) is 5.31. The van der Waals surface area contributed by atoms with Crippen LogP contribution in [0.5, 0.6) is 0 Å². The van der Waals surface area contributed by atoms with Crippen LogP contribution in [0, 0.1) is 13.8 Å². The highest BCUT2D eigenvalue weighted by molar-refractivity contribution is 7.09. The highest BCUT2D eigenvalue weighted by atomic mass is 32.1. The maximum atomic E-state index is 6.41. The Hall–Kier alpha value is -1.78. The minimum absolute atomic E-state index is 0.0489. The third-order valence-electron chi connectivity index (χ3n) is 3.34. The van der Waals surface area contributed by atoms with Gasteiger partial charge in [0.25, 0.3) is 0 Å². The van der Waals surface area contributed by atoms with E-state index in [-0.39, 0.29) is 6.04 Å². The van der Waals surface area contributed by atoms with E-state index in [4.69, 9.17) is 5.73 Å². The highest BCUT2D eigenvalue weighted by Crippen LogP contribution is 2.26. The number of rotatable bonds is 3. The van der Waals surface area contributed by atoms with Crippen LogP contribution < -0.4 is 5.73 Å². The molecule has 0 saturated carbocycles. The molecule has 3 rings (SSSR count). The van der Waals surface area contributed by atoms with E-state index in [2.05, 4.69) is 27.5 Å². The molecule has 3 nitrogen and oxygen atoms in total. The number of nitrogens with zero attached hydrogens (tertiary/aromatic N) is 2. The maximum Gasteiger partial charge on any atom is 0.0947 e. The van der Waals surface area contributed by atoms with Gasteiger partial charge < -0.3 is 5.73 Å². The largest absolute Gasteiger partial charge is 0.324 e. The van der Waals surface area contributed by atoms with Gasteiger partial charge in [0.2, 0.25) is 0 Å². The molecule has 0 aliphatic carbocycles. The molecule has 20 heavy (non-hydrogen) atoms. The van der Waals surface area contributed by atoms with Crippen molar-refractivity contribution in [1.82, 2.24) is 9.97 Å². The van der Waals surface area contributed by atoms with Gasteiger partial charge in [-0.25, -0.2) is 4.98 Å². The Labute approximate surface area is 122 Å². The number of para-hydroxylation sites is 1. The molecule has 1 unspecified atom stereocenters. The van der Waals surface area contributed by atoms with Crippen LogP contribution in [0.15, 0.2) is 35.7 Å². The second-order valence-electron chi connectivity index (χ2n) is 5.06. The molecule has 0 radical (unpaired) electrons. The van der Waals surface area contributed by atoms with Crippen molar-refractivity contribution in [3.63, 3.8) is 0 Å². The van der Waals surface area contributed by atoms with Crippen molar-refractivity contribution in [2.75, 3.05) is 0 Å². The number of nitrogens with two attached hydrogens (primary N) is 1. The smallest absolute Gasteiger partial charge is 0.0947 e. The molecule has 0 saturated heterocycles. The third-order valence-corrected chi connectivity index (χ3v) is 4.33. The average molecular weight is 283 g/mol. The summed E-state index contributed by atoms with van der Waals surface area (Å²) in [5.41, 5.74) is 10.6. The highest BCUT2D eigenvalue weighted by Gasteiger charge is 2.13. The fourth-order valence-corrected chi connectivity index (χ4v) is 3.27. The lowest BCUT2D eigenvalue weighted by molar-refractivity contribution is 0.721. The summed E-state index contributed by atoms with van der Waals surface area (Å²) in [5, 5.41) is 4.30. The molecule has 1 aromatic carbocycles. The van der Waals surface area contributed by atoms with Gasteiger partial charge in [-0.05, 0) is 31.5 Å². The van der Waals surface area contributed by atoms with Crippen LogP contribution in [0.4, 0.5) is 0 Å². The Kier molecular flexibility index (Phi) is 3.51. The Morgan fingerprint density at radius 1 is 1.15 bits per heavy atom. The summed E-state index contributed by atoms with van der Waals surface area (Å²) in [4.78, 5) is 9.06. The summed E-state index contributed by atoms with van der Waals surface area (Å²) in [5.74, 6) is 0. The van der Waals surface area contributed by atoms with Crippen LogP contribution in [0.1, 0.15) is 28.0 Å². The molecular formula is C16H17N3S. The number of pyridine rings is 1. The van der Waals surface area contributed by atoms with Crippen LogP contribution in [0.3, 0.4) is 0 Å². The number of thiazole rings is 1. The maximum absolute atomic E-state index is 6.41. The Morgan fingerprint density at radius 3 is 2.70 bits per heavy atom. The van der Waals surface area contributed by atoms with E-state index in [0.29, 0.717) is 0 Å². The molecule has 102 valence electrons. The zero-order valence-corrected chi connectivity index (χ0v) is 12.4. The molecule has 3 aromatic rings. The van der Waals surface area contributed by atoms with Crippen LogP contribution >= 0.6 is 11.3 Å². The first-order chi connectivity index (χ1) is 9.63. The molecule has 2 heterocycles. The average Bonchev–Trinajstić information content (AvgIpc) is 2.83. The number of hydrogen-bond donors (Lipinski definition) is 1. The van der Waals surface area contributed by atoms with Gasteiger partial charge in [0.15, 0.2) is 0 Å². The summed E-state index contributed by atoms with van der Waals surface area (Å²) >= 11 is 1.68. The monoisotopic (exact) mass is 283 g/mol. The summed E-state index contributed by atoms with van der Waals surface area (Å²) in [6.45, 7) is 4.02. The molecule has 0 aliphatic heterocycles. The van der Waals surface area contributed by atoms with Crippen molar-refractivity contribution in [3.05, 3.63) is 57.7 Å². The van der Waals surface area contributed by atoms with Crippen molar-refractivity contribution in [3.8, 4) is 0 Å². The summed E-state index contributed by atoms with van der Waals surface area (Å²) < 4.78 is 0. The van der Waals surface area contributed by atoms with Gasteiger partial charge in [0.05, 0.1) is 10.5 Å². The standard InChI is InChI=1S/C16H17N3S/c1-10-7-13(12-5-3-4-6-15(12)18-10)14(17)8-16-19-11(2)9-20-16/h3-7,9,14H,8,17H2,1-2H3. The zero-order chi connectivity index (χ0) is 14.1. The molecule has 0 bridgehead atoms. The fourth-order valence-electron chi connectivity index (χ4n) is 2.44. The van der Waals surface area contributed by atoms with Crippen molar-refractivity contribution in [1.29, 1.82) is 0 Å². The molecule has 0 aliphatic rings. The predicted octanol–water partition coefficient (Wildman–Crippen LogP) is 3.55. The molecule has 0 fully saturated rings. The first-order valence-corrected chi connectivity index (χ1v) is 7.54. The van der Waals surface area contributed by atoms with Gasteiger partial charge in [-0.3, -0.25) is 4.98 Å². The Morgan fingerprint density at radius 2 is 1.95 bits per heavy atom. The minimum Gasteiger partial charge on any atom is -0.324 e. The third kappa shape index (κ3) is 2.57. The number of fused-ring (bicyclic) bond motifs is 1. The first-order valence-electron chi connectivity index (χ1n) is 6.66. The van der Waals surface area contributed by atoms with Crippen LogP contribution in [0.2, 0.25) is 0 Å². The van der Waals surface area contributed by atoms with E-state index < -0.39 is 0 Å². The molecule has 2 aromatic heterocycles.